The van der Waals surface area contributed by atoms with E-state index in [0.29, 0.717) is 25.9 Å². The van der Waals surface area contributed by atoms with Gasteiger partial charge in [-0.3, -0.25) is 9.59 Å². The van der Waals surface area contributed by atoms with Gasteiger partial charge >= 0.3 is 0 Å². The number of ether oxygens (including phenoxy) is 1. The van der Waals surface area contributed by atoms with Gasteiger partial charge < -0.3 is 9.64 Å². The number of Topliss-reactive ketones (excluding diaryl/α,β-unsaturated/α-hetero) is 1. The third-order valence-electron chi connectivity index (χ3n) is 2.14. The Morgan fingerprint density at radius 2 is 2.00 bits per heavy atom. The Hall–Kier alpha value is -1.04. The lowest BCUT2D eigenvalue weighted by Crippen LogP contribution is -2.40. The summed E-state index contributed by atoms with van der Waals surface area (Å²) in [6, 6.07) is 0. The average Bonchev–Trinajstić information content (AvgIpc) is 2.18. The number of nitrogens with zero attached hydrogens (tertiary/aromatic N) is 1. The lowest BCUT2D eigenvalue weighted by molar-refractivity contribution is -0.139. The van der Waals surface area contributed by atoms with E-state index in [0.717, 1.165) is 0 Å². The fourth-order valence-electron chi connectivity index (χ4n) is 1.33. The van der Waals surface area contributed by atoms with Crippen LogP contribution in [0.2, 0.25) is 0 Å². The summed E-state index contributed by atoms with van der Waals surface area (Å²) in [5.41, 5.74) is 0. The van der Waals surface area contributed by atoms with E-state index in [-0.39, 0.29) is 18.3 Å². The summed E-state index contributed by atoms with van der Waals surface area (Å²) in [5, 5.41) is 0. The molecule has 0 bridgehead atoms. The summed E-state index contributed by atoms with van der Waals surface area (Å²) in [4.78, 5) is 23.7. The maximum atomic E-state index is 11.7. The van der Waals surface area contributed by atoms with Gasteiger partial charge in [0.05, 0.1) is 0 Å². The molecular weight excluding hydrogens is 208 g/mol. The molecule has 0 aromatic heterocycles. The first-order chi connectivity index (χ1) is 7.09. The van der Waals surface area contributed by atoms with Gasteiger partial charge in [-0.1, -0.05) is 0 Å². The Balaban J connectivity index is 2.19. The van der Waals surface area contributed by atoms with Crippen molar-refractivity contribution in [3.63, 3.8) is 0 Å². The minimum atomic E-state index is -2.55. The minimum absolute atomic E-state index is 0.132. The molecule has 0 N–H and O–H groups in total. The predicted molar refractivity (Wildman–Crippen MR) is 47.6 cm³/mol. The number of carbonyl (C=O) groups excluding carboxylic acids is 2. The summed E-state index contributed by atoms with van der Waals surface area (Å²) >= 11 is 0. The molecule has 86 valence electrons. The van der Waals surface area contributed by atoms with Crippen molar-refractivity contribution in [2.24, 2.45) is 0 Å². The lowest BCUT2D eigenvalue weighted by atomic mass is 10.1. The van der Waals surface area contributed by atoms with Crippen molar-refractivity contribution in [2.75, 3.05) is 26.3 Å². The van der Waals surface area contributed by atoms with Gasteiger partial charge in [-0.15, -0.1) is 0 Å². The van der Waals surface area contributed by atoms with E-state index in [1.54, 1.807) is 0 Å². The first kappa shape index (κ1) is 12.0. The van der Waals surface area contributed by atoms with Gasteiger partial charge in [0.15, 0.2) is 0 Å². The van der Waals surface area contributed by atoms with Crippen molar-refractivity contribution < 1.29 is 23.1 Å². The number of rotatable bonds is 4. The number of halogens is 2. The predicted octanol–water partition coefficient (Wildman–Crippen LogP) is 0.460. The zero-order valence-corrected chi connectivity index (χ0v) is 8.25. The van der Waals surface area contributed by atoms with Crippen LogP contribution in [0.15, 0.2) is 0 Å². The van der Waals surface area contributed by atoms with E-state index in [9.17, 15) is 18.4 Å². The number of alkyl halides is 2. The van der Waals surface area contributed by atoms with E-state index in [1.807, 2.05) is 0 Å². The topological polar surface area (TPSA) is 46.6 Å². The second kappa shape index (κ2) is 5.75. The zero-order chi connectivity index (χ0) is 11.3. The smallest absolute Gasteiger partial charge is 0.261 e. The maximum Gasteiger partial charge on any atom is 0.261 e. The van der Waals surface area contributed by atoms with E-state index in [1.165, 1.54) is 4.90 Å². The number of amides is 1. The van der Waals surface area contributed by atoms with Gasteiger partial charge in [-0.25, -0.2) is 8.78 Å². The number of hydrogen-bond acceptors (Lipinski definition) is 3. The molecule has 0 unspecified atom stereocenters. The van der Waals surface area contributed by atoms with Gasteiger partial charge in [0.1, 0.15) is 19.0 Å². The highest BCUT2D eigenvalue weighted by molar-refractivity contribution is 5.83. The van der Waals surface area contributed by atoms with Gasteiger partial charge in [-0.2, -0.15) is 0 Å². The van der Waals surface area contributed by atoms with Gasteiger partial charge in [0.2, 0.25) is 5.91 Å². The monoisotopic (exact) mass is 221 g/mol. The molecule has 0 atom stereocenters. The van der Waals surface area contributed by atoms with Crippen molar-refractivity contribution in [2.45, 2.75) is 19.3 Å². The van der Waals surface area contributed by atoms with E-state index in [2.05, 4.69) is 4.74 Å². The number of likely N-dealkylation sites (tertiary alicyclic amines) is 1. The largest absolute Gasteiger partial charge is 0.366 e. The standard InChI is InChI=1S/C9H13F2NO3/c10-8(11)5-15-6-9(14)12-3-1-7(13)2-4-12/h8H,1-6H2. The van der Waals surface area contributed by atoms with Crippen LogP contribution in [0.3, 0.4) is 0 Å². The molecule has 0 spiro atoms. The highest BCUT2D eigenvalue weighted by Gasteiger charge is 2.20. The SMILES string of the molecule is O=C1CCN(C(=O)COCC(F)F)CC1. The fourth-order valence-corrected chi connectivity index (χ4v) is 1.33. The molecular formula is C9H13F2NO3. The Kier molecular flexibility index (Phi) is 4.61. The highest BCUT2D eigenvalue weighted by atomic mass is 19.3. The third-order valence-corrected chi connectivity index (χ3v) is 2.14. The molecule has 1 aliphatic heterocycles. The van der Waals surface area contributed by atoms with Gasteiger partial charge in [0, 0.05) is 25.9 Å². The molecule has 0 aliphatic carbocycles. The molecule has 1 saturated heterocycles. The van der Waals surface area contributed by atoms with Crippen LogP contribution in [-0.2, 0) is 14.3 Å². The zero-order valence-electron chi connectivity index (χ0n) is 8.25. The number of carbonyl (C=O) groups is 2. The van der Waals surface area contributed by atoms with E-state index >= 15 is 0 Å². The number of hydrogen-bond donors (Lipinski definition) is 0. The molecule has 1 aliphatic rings. The first-order valence-electron chi connectivity index (χ1n) is 4.75. The Bertz CT molecular complexity index is 236. The molecule has 1 fully saturated rings. The Morgan fingerprint density at radius 1 is 1.40 bits per heavy atom. The Morgan fingerprint density at radius 3 is 2.53 bits per heavy atom. The van der Waals surface area contributed by atoms with Crippen LogP contribution in [-0.4, -0.2) is 49.3 Å². The Labute approximate surface area is 86.2 Å². The van der Waals surface area contributed by atoms with Gasteiger partial charge in [0.25, 0.3) is 6.43 Å². The summed E-state index contributed by atoms with van der Waals surface area (Å²) < 4.78 is 27.9. The van der Waals surface area contributed by atoms with Gasteiger partial charge in [-0.05, 0) is 0 Å². The molecule has 4 nitrogen and oxygen atoms in total. The highest BCUT2D eigenvalue weighted by Crippen LogP contribution is 2.06. The molecule has 6 heteroatoms. The van der Waals surface area contributed by atoms with Crippen LogP contribution < -0.4 is 0 Å². The molecule has 15 heavy (non-hydrogen) atoms. The van der Waals surface area contributed by atoms with Crippen molar-refractivity contribution in [3.8, 4) is 0 Å². The number of piperidine rings is 1. The maximum absolute atomic E-state index is 11.7. The van der Waals surface area contributed by atoms with Crippen LogP contribution in [0, 0.1) is 0 Å². The second-order valence-electron chi connectivity index (χ2n) is 3.33. The second-order valence-corrected chi connectivity index (χ2v) is 3.33. The number of ketones is 1. The van der Waals surface area contributed by atoms with Crippen molar-refractivity contribution in [1.82, 2.24) is 4.90 Å². The minimum Gasteiger partial charge on any atom is -0.366 e. The molecule has 0 aromatic rings. The molecule has 0 radical (unpaired) electrons. The molecule has 1 amide bonds. The van der Waals surface area contributed by atoms with Crippen LogP contribution >= 0.6 is 0 Å². The summed E-state index contributed by atoms with van der Waals surface area (Å²) in [6.45, 7) is -0.317. The molecule has 0 saturated carbocycles. The summed E-state index contributed by atoms with van der Waals surface area (Å²) in [5.74, 6) is -0.198. The summed E-state index contributed by atoms with van der Waals surface area (Å²) in [7, 11) is 0. The van der Waals surface area contributed by atoms with Crippen LogP contribution in [0.25, 0.3) is 0 Å². The fraction of sp³-hybridized carbons (Fsp3) is 0.778. The van der Waals surface area contributed by atoms with Crippen LogP contribution in [0.4, 0.5) is 8.78 Å². The average molecular weight is 221 g/mol. The van der Waals surface area contributed by atoms with E-state index < -0.39 is 13.0 Å². The molecule has 1 heterocycles. The van der Waals surface area contributed by atoms with Crippen LogP contribution in [0.5, 0.6) is 0 Å². The molecule has 1 rings (SSSR count). The van der Waals surface area contributed by atoms with Crippen LogP contribution in [0.1, 0.15) is 12.8 Å². The third kappa shape index (κ3) is 4.33. The van der Waals surface area contributed by atoms with Crippen molar-refractivity contribution in [3.05, 3.63) is 0 Å². The molecule has 0 aromatic carbocycles. The van der Waals surface area contributed by atoms with E-state index in [4.69, 9.17) is 0 Å². The summed E-state index contributed by atoms with van der Waals surface area (Å²) in [6.07, 6.45) is -1.86. The lowest BCUT2D eigenvalue weighted by Gasteiger charge is -2.25. The van der Waals surface area contributed by atoms with Crippen molar-refractivity contribution in [1.29, 1.82) is 0 Å². The normalized spacial score (nSPS) is 17.3. The quantitative estimate of drug-likeness (QED) is 0.692. The first-order valence-corrected chi connectivity index (χ1v) is 4.75. The van der Waals surface area contributed by atoms with Crippen molar-refractivity contribution >= 4 is 11.7 Å².